The monoisotopic (exact) mass is 265 g/mol. The Morgan fingerprint density at radius 2 is 1.84 bits per heavy atom. The molecule has 0 saturated heterocycles. The van der Waals surface area contributed by atoms with E-state index in [1.54, 1.807) is 0 Å². The Labute approximate surface area is 120 Å². The van der Waals surface area contributed by atoms with Gasteiger partial charge < -0.3 is 5.32 Å². The standard InChI is InChI=1S/C18H35N/c1-4-15-9-10-17(13-19-5-2)18(12-15)16-8-6-7-14(3)11-16/h14-19H,4-13H2,1-3H3. The van der Waals surface area contributed by atoms with Gasteiger partial charge in [0.05, 0.1) is 0 Å². The average Bonchev–Trinajstić information content (AvgIpc) is 2.45. The smallest absolute Gasteiger partial charge is 0.00179 e. The van der Waals surface area contributed by atoms with Crippen molar-refractivity contribution in [3.8, 4) is 0 Å². The van der Waals surface area contributed by atoms with Gasteiger partial charge in [-0.2, -0.15) is 0 Å². The van der Waals surface area contributed by atoms with Crippen LogP contribution in [0.2, 0.25) is 0 Å². The first-order valence-electron chi connectivity index (χ1n) is 8.95. The highest BCUT2D eigenvalue weighted by molar-refractivity contribution is 4.87. The third-order valence-electron chi connectivity index (χ3n) is 5.97. The number of hydrogen-bond acceptors (Lipinski definition) is 1. The fraction of sp³-hybridized carbons (Fsp3) is 1.00. The molecule has 0 heterocycles. The molecule has 1 heteroatoms. The molecule has 0 spiro atoms. The van der Waals surface area contributed by atoms with Crippen LogP contribution in [0.5, 0.6) is 0 Å². The van der Waals surface area contributed by atoms with Gasteiger partial charge in [-0.15, -0.1) is 0 Å². The van der Waals surface area contributed by atoms with E-state index >= 15 is 0 Å². The quantitative estimate of drug-likeness (QED) is 0.748. The molecule has 1 N–H and O–H groups in total. The van der Waals surface area contributed by atoms with Crippen molar-refractivity contribution >= 4 is 0 Å². The summed E-state index contributed by atoms with van der Waals surface area (Å²) in [6, 6.07) is 0. The van der Waals surface area contributed by atoms with Crippen molar-refractivity contribution in [2.45, 2.75) is 72.1 Å². The number of hydrogen-bond donors (Lipinski definition) is 1. The summed E-state index contributed by atoms with van der Waals surface area (Å²) in [7, 11) is 0. The fourth-order valence-corrected chi connectivity index (χ4v) is 4.76. The van der Waals surface area contributed by atoms with E-state index < -0.39 is 0 Å². The largest absolute Gasteiger partial charge is 0.317 e. The summed E-state index contributed by atoms with van der Waals surface area (Å²) in [5.41, 5.74) is 0. The molecule has 0 aromatic carbocycles. The SMILES string of the molecule is CCNCC1CCC(CC)CC1C1CCCC(C)C1. The number of rotatable bonds is 5. The van der Waals surface area contributed by atoms with E-state index in [1.165, 1.54) is 57.9 Å². The lowest BCUT2D eigenvalue weighted by Crippen LogP contribution is -2.38. The Kier molecular flexibility index (Phi) is 6.19. The van der Waals surface area contributed by atoms with Crippen molar-refractivity contribution in [2.24, 2.45) is 29.6 Å². The van der Waals surface area contributed by atoms with Gasteiger partial charge in [0.15, 0.2) is 0 Å². The van der Waals surface area contributed by atoms with Crippen molar-refractivity contribution in [1.82, 2.24) is 5.32 Å². The maximum Gasteiger partial charge on any atom is -0.00179 e. The Morgan fingerprint density at radius 3 is 2.53 bits per heavy atom. The van der Waals surface area contributed by atoms with E-state index in [1.807, 2.05) is 0 Å². The second-order valence-electron chi connectivity index (χ2n) is 7.35. The zero-order valence-electron chi connectivity index (χ0n) is 13.5. The van der Waals surface area contributed by atoms with Crippen molar-refractivity contribution in [3.63, 3.8) is 0 Å². The lowest BCUT2D eigenvalue weighted by Gasteiger charge is -2.43. The maximum atomic E-state index is 3.63. The summed E-state index contributed by atoms with van der Waals surface area (Å²) < 4.78 is 0. The first kappa shape index (κ1) is 15.4. The van der Waals surface area contributed by atoms with Crippen LogP contribution < -0.4 is 5.32 Å². The van der Waals surface area contributed by atoms with E-state index in [9.17, 15) is 0 Å². The van der Waals surface area contributed by atoms with E-state index in [2.05, 4.69) is 26.1 Å². The van der Waals surface area contributed by atoms with Gasteiger partial charge in [0.25, 0.3) is 0 Å². The molecule has 5 atom stereocenters. The Balaban J connectivity index is 1.97. The third kappa shape index (κ3) is 4.21. The van der Waals surface area contributed by atoms with Gasteiger partial charge in [-0.25, -0.2) is 0 Å². The highest BCUT2D eigenvalue weighted by atomic mass is 14.8. The number of nitrogens with one attached hydrogen (secondary N) is 1. The lowest BCUT2D eigenvalue weighted by molar-refractivity contribution is 0.0811. The summed E-state index contributed by atoms with van der Waals surface area (Å²) >= 11 is 0. The van der Waals surface area contributed by atoms with Crippen LogP contribution in [0.15, 0.2) is 0 Å². The molecule has 0 aliphatic heterocycles. The lowest BCUT2D eigenvalue weighted by atomic mass is 9.63. The van der Waals surface area contributed by atoms with Gasteiger partial charge in [-0.05, 0) is 61.9 Å². The molecule has 0 aromatic heterocycles. The molecule has 5 unspecified atom stereocenters. The zero-order valence-corrected chi connectivity index (χ0v) is 13.5. The third-order valence-corrected chi connectivity index (χ3v) is 5.97. The van der Waals surface area contributed by atoms with Gasteiger partial charge >= 0.3 is 0 Å². The molecule has 0 radical (unpaired) electrons. The van der Waals surface area contributed by atoms with E-state index in [4.69, 9.17) is 0 Å². The van der Waals surface area contributed by atoms with E-state index in [0.717, 1.165) is 36.1 Å². The van der Waals surface area contributed by atoms with Crippen LogP contribution in [-0.4, -0.2) is 13.1 Å². The van der Waals surface area contributed by atoms with Crippen LogP contribution in [0.25, 0.3) is 0 Å². The summed E-state index contributed by atoms with van der Waals surface area (Å²) in [6.07, 6.45) is 11.9. The van der Waals surface area contributed by atoms with Gasteiger partial charge in [0, 0.05) is 0 Å². The highest BCUT2D eigenvalue weighted by Gasteiger charge is 2.36. The van der Waals surface area contributed by atoms with Crippen LogP contribution in [0.4, 0.5) is 0 Å². The van der Waals surface area contributed by atoms with Crippen LogP contribution in [0.1, 0.15) is 72.1 Å². The first-order valence-corrected chi connectivity index (χ1v) is 8.95. The predicted octanol–water partition coefficient (Wildman–Crippen LogP) is 4.86. The molecule has 2 fully saturated rings. The second kappa shape index (κ2) is 7.67. The second-order valence-corrected chi connectivity index (χ2v) is 7.35. The Bertz CT molecular complexity index is 250. The molecule has 2 aliphatic rings. The summed E-state index contributed by atoms with van der Waals surface area (Å²) in [4.78, 5) is 0. The molecule has 19 heavy (non-hydrogen) atoms. The maximum absolute atomic E-state index is 3.63. The van der Waals surface area contributed by atoms with E-state index in [0.29, 0.717) is 0 Å². The average molecular weight is 265 g/mol. The summed E-state index contributed by atoms with van der Waals surface area (Å²) in [5.74, 6) is 5.06. The minimum atomic E-state index is 0.970. The fourth-order valence-electron chi connectivity index (χ4n) is 4.76. The molecule has 2 saturated carbocycles. The molecule has 0 bridgehead atoms. The van der Waals surface area contributed by atoms with Crippen LogP contribution in [-0.2, 0) is 0 Å². The molecule has 1 nitrogen and oxygen atoms in total. The molecule has 0 amide bonds. The van der Waals surface area contributed by atoms with Crippen molar-refractivity contribution < 1.29 is 0 Å². The molecular weight excluding hydrogens is 230 g/mol. The van der Waals surface area contributed by atoms with Gasteiger partial charge in [0.2, 0.25) is 0 Å². The molecular formula is C18H35N. The molecule has 0 aromatic rings. The summed E-state index contributed by atoms with van der Waals surface area (Å²) in [6.45, 7) is 9.54. The highest BCUT2D eigenvalue weighted by Crippen LogP contribution is 2.45. The molecule has 2 rings (SSSR count). The first-order chi connectivity index (χ1) is 9.24. The zero-order chi connectivity index (χ0) is 13.7. The Hall–Kier alpha value is -0.0400. The molecule has 2 aliphatic carbocycles. The van der Waals surface area contributed by atoms with Crippen LogP contribution >= 0.6 is 0 Å². The predicted molar refractivity (Wildman–Crippen MR) is 84.3 cm³/mol. The van der Waals surface area contributed by atoms with Gasteiger partial charge in [0.1, 0.15) is 0 Å². The topological polar surface area (TPSA) is 12.0 Å². The minimum Gasteiger partial charge on any atom is -0.317 e. The molecule has 112 valence electrons. The van der Waals surface area contributed by atoms with Crippen LogP contribution in [0, 0.1) is 29.6 Å². The van der Waals surface area contributed by atoms with Crippen molar-refractivity contribution in [3.05, 3.63) is 0 Å². The summed E-state index contributed by atoms with van der Waals surface area (Å²) in [5, 5.41) is 3.63. The van der Waals surface area contributed by atoms with E-state index in [-0.39, 0.29) is 0 Å². The normalized spacial score (nSPS) is 40.3. The van der Waals surface area contributed by atoms with Crippen molar-refractivity contribution in [2.75, 3.05) is 13.1 Å². The van der Waals surface area contributed by atoms with Gasteiger partial charge in [-0.1, -0.05) is 52.9 Å². The Morgan fingerprint density at radius 1 is 1.00 bits per heavy atom. The van der Waals surface area contributed by atoms with Gasteiger partial charge in [-0.3, -0.25) is 0 Å². The minimum absolute atomic E-state index is 0.970. The van der Waals surface area contributed by atoms with Crippen LogP contribution in [0.3, 0.4) is 0 Å². The van der Waals surface area contributed by atoms with Crippen molar-refractivity contribution in [1.29, 1.82) is 0 Å².